The average Bonchev–Trinajstić information content (AvgIpc) is 2.67. The maximum absolute atomic E-state index is 12.4. The fraction of sp³-hybridized carbons (Fsp3) is 0.522. The van der Waals surface area contributed by atoms with Crippen LogP contribution >= 0.6 is 0 Å². The van der Waals surface area contributed by atoms with Crippen molar-refractivity contribution in [3.05, 3.63) is 41.5 Å². The van der Waals surface area contributed by atoms with Gasteiger partial charge in [0, 0.05) is 12.2 Å². The number of rotatable bonds is 7. The molecular weight excluding hydrogens is 384 g/mol. The SMILES string of the molecule is C[C@H](OC(=O)c1cccc(NC(=O)OC(C)(C)C)c1)C(=O)NCCC1=CCCCC1. The monoisotopic (exact) mass is 416 g/mol. The molecule has 0 saturated heterocycles. The van der Waals surface area contributed by atoms with Crippen molar-refractivity contribution in [3.63, 3.8) is 0 Å². The zero-order valence-electron chi connectivity index (χ0n) is 18.2. The summed E-state index contributed by atoms with van der Waals surface area (Å²) in [4.78, 5) is 36.5. The van der Waals surface area contributed by atoms with E-state index in [4.69, 9.17) is 9.47 Å². The van der Waals surface area contributed by atoms with Crippen LogP contribution in [0, 0.1) is 0 Å². The van der Waals surface area contributed by atoms with E-state index in [0.29, 0.717) is 12.2 Å². The van der Waals surface area contributed by atoms with Crippen LogP contribution in [0.5, 0.6) is 0 Å². The Morgan fingerprint density at radius 3 is 2.60 bits per heavy atom. The van der Waals surface area contributed by atoms with Crippen LogP contribution in [0.4, 0.5) is 10.5 Å². The van der Waals surface area contributed by atoms with Crippen molar-refractivity contribution in [2.24, 2.45) is 0 Å². The standard InChI is InChI=1S/C23H32N2O5/c1-16(20(26)24-14-13-17-9-6-5-7-10-17)29-21(27)18-11-8-12-19(15-18)25-22(28)30-23(2,3)4/h8-9,11-12,15-16H,5-7,10,13-14H2,1-4H3,(H,24,26)(H,25,28)/t16-/m0/s1. The quantitative estimate of drug-likeness (QED) is 0.501. The molecule has 7 heteroatoms. The molecule has 0 radical (unpaired) electrons. The molecule has 0 fully saturated rings. The molecule has 1 aromatic rings. The molecule has 1 aliphatic rings. The van der Waals surface area contributed by atoms with Gasteiger partial charge in [-0.3, -0.25) is 10.1 Å². The molecule has 0 aromatic heterocycles. The fourth-order valence-corrected chi connectivity index (χ4v) is 3.05. The maximum atomic E-state index is 12.4. The summed E-state index contributed by atoms with van der Waals surface area (Å²) in [6, 6.07) is 6.29. The number of carbonyl (C=O) groups is 3. The maximum Gasteiger partial charge on any atom is 0.412 e. The molecule has 0 heterocycles. The smallest absolute Gasteiger partial charge is 0.412 e. The lowest BCUT2D eigenvalue weighted by Crippen LogP contribution is -2.36. The topological polar surface area (TPSA) is 93.7 Å². The first-order valence-corrected chi connectivity index (χ1v) is 10.4. The Labute approximate surface area is 178 Å². The number of hydrogen-bond donors (Lipinski definition) is 2. The van der Waals surface area contributed by atoms with E-state index in [-0.39, 0.29) is 11.5 Å². The van der Waals surface area contributed by atoms with Crippen molar-refractivity contribution in [2.75, 3.05) is 11.9 Å². The van der Waals surface area contributed by atoms with Gasteiger partial charge in [0.2, 0.25) is 0 Å². The summed E-state index contributed by atoms with van der Waals surface area (Å²) in [5.74, 6) is -0.969. The van der Waals surface area contributed by atoms with Gasteiger partial charge < -0.3 is 14.8 Å². The number of nitrogens with one attached hydrogen (secondary N) is 2. The van der Waals surface area contributed by atoms with Gasteiger partial charge in [-0.25, -0.2) is 9.59 Å². The number of ether oxygens (including phenoxy) is 2. The Bertz CT molecular complexity index is 795. The predicted octanol–water partition coefficient (Wildman–Crippen LogP) is 4.59. The van der Waals surface area contributed by atoms with E-state index in [1.807, 2.05) is 0 Å². The van der Waals surface area contributed by atoms with Gasteiger partial charge >= 0.3 is 12.1 Å². The van der Waals surface area contributed by atoms with Crippen molar-refractivity contribution < 1.29 is 23.9 Å². The van der Waals surface area contributed by atoms with Gasteiger partial charge in [-0.15, -0.1) is 0 Å². The van der Waals surface area contributed by atoms with Crippen LogP contribution in [-0.4, -0.2) is 36.2 Å². The minimum Gasteiger partial charge on any atom is -0.449 e. The van der Waals surface area contributed by atoms with Crippen LogP contribution in [0.2, 0.25) is 0 Å². The Morgan fingerprint density at radius 1 is 1.17 bits per heavy atom. The lowest BCUT2D eigenvalue weighted by atomic mass is 9.97. The highest BCUT2D eigenvalue weighted by atomic mass is 16.6. The number of carbonyl (C=O) groups excluding carboxylic acids is 3. The first-order valence-electron chi connectivity index (χ1n) is 10.4. The highest BCUT2D eigenvalue weighted by Gasteiger charge is 2.20. The Kier molecular flexibility index (Phi) is 8.45. The summed E-state index contributed by atoms with van der Waals surface area (Å²) in [6.07, 6.45) is 6.18. The summed E-state index contributed by atoms with van der Waals surface area (Å²) in [5.41, 5.74) is 1.38. The molecular formula is C23H32N2O5. The number of allylic oxidation sites excluding steroid dienone is 1. The number of amides is 2. The van der Waals surface area contributed by atoms with Crippen LogP contribution in [0.15, 0.2) is 35.9 Å². The Morgan fingerprint density at radius 2 is 1.93 bits per heavy atom. The molecule has 2 amide bonds. The Hall–Kier alpha value is -2.83. The van der Waals surface area contributed by atoms with Crippen molar-refractivity contribution in [1.29, 1.82) is 0 Å². The summed E-state index contributed by atoms with van der Waals surface area (Å²) in [6.45, 7) is 7.36. The summed E-state index contributed by atoms with van der Waals surface area (Å²) in [5, 5.41) is 5.39. The van der Waals surface area contributed by atoms with Gasteiger partial charge in [0.25, 0.3) is 5.91 Å². The first-order chi connectivity index (χ1) is 14.1. The molecule has 0 unspecified atom stereocenters. The van der Waals surface area contributed by atoms with Crippen molar-refractivity contribution in [1.82, 2.24) is 5.32 Å². The minimum absolute atomic E-state index is 0.232. The number of anilines is 1. The highest BCUT2D eigenvalue weighted by Crippen LogP contribution is 2.19. The fourth-order valence-electron chi connectivity index (χ4n) is 3.05. The third-order valence-corrected chi connectivity index (χ3v) is 4.53. The van der Waals surface area contributed by atoms with E-state index in [1.165, 1.54) is 31.4 Å². The average molecular weight is 417 g/mol. The third kappa shape index (κ3) is 8.27. The van der Waals surface area contributed by atoms with Gasteiger partial charge in [-0.05, 0) is 78.0 Å². The van der Waals surface area contributed by atoms with E-state index in [0.717, 1.165) is 19.3 Å². The van der Waals surface area contributed by atoms with Crippen LogP contribution in [0.25, 0.3) is 0 Å². The highest BCUT2D eigenvalue weighted by molar-refractivity contribution is 5.94. The summed E-state index contributed by atoms with van der Waals surface area (Å²) >= 11 is 0. The van der Waals surface area contributed by atoms with Gasteiger partial charge in [0.15, 0.2) is 6.10 Å². The molecule has 0 bridgehead atoms. The summed E-state index contributed by atoms with van der Waals surface area (Å²) < 4.78 is 10.5. The molecule has 0 aliphatic heterocycles. The lowest BCUT2D eigenvalue weighted by molar-refractivity contribution is -0.129. The molecule has 0 spiro atoms. The molecule has 164 valence electrons. The van der Waals surface area contributed by atoms with Crippen molar-refractivity contribution in [2.45, 2.75) is 71.5 Å². The molecule has 0 saturated carbocycles. The molecule has 1 aromatic carbocycles. The summed E-state index contributed by atoms with van der Waals surface area (Å²) in [7, 11) is 0. The molecule has 7 nitrogen and oxygen atoms in total. The number of benzene rings is 1. The Balaban J connectivity index is 1.83. The van der Waals surface area contributed by atoms with E-state index in [9.17, 15) is 14.4 Å². The third-order valence-electron chi connectivity index (χ3n) is 4.53. The normalized spacial score (nSPS) is 14.9. The lowest BCUT2D eigenvalue weighted by Gasteiger charge is -2.19. The van der Waals surface area contributed by atoms with E-state index < -0.39 is 23.8 Å². The second-order valence-corrected chi connectivity index (χ2v) is 8.40. The van der Waals surface area contributed by atoms with E-state index in [1.54, 1.807) is 39.0 Å². The van der Waals surface area contributed by atoms with Crippen LogP contribution in [0.3, 0.4) is 0 Å². The molecule has 1 aliphatic carbocycles. The first kappa shape index (κ1) is 23.4. The van der Waals surface area contributed by atoms with Gasteiger partial charge in [-0.1, -0.05) is 17.7 Å². The van der Waals surface area contributed by atoms with Crippen molar-refractivity contribution >= 4 is 23.7 Å². The molecule has 2 rings (SSSR count). The van der Waals surface area contributed by atoms with Crippen LogP contribution in [0.1, 0.15) is 70.2 Å². The van der Waals surface area contributed by atoms with Crippen molar-refractivity contribution in [3.8, 4) is 0 Å². The van der Waals surface area contributed by atoms with E-state index in [2.05, 4.69) is 16.7 Å². The molecule has 30 heavy (non-hydrogen) atoms. The zero-order chi connectivity index (χ0) is 22.1. The second-order valence-electron chi connectivity index (χ2n) is 8.40. The number of hydrogen-bond acceptors (Lipinski definition) is 5. The van der Waals surface area contributed by atoms with Gasteiger partial charge in [-0.2, -0.15) is 0 Å². The molecule has 1 atom stereocenters. The van der Waals surface area contributed by atoms with Gasteiger partial charge in [0.1, 0.15) is 5.60 Å². The van der Waals surface area contributed by atoms with Crippen LogP contribution < -0.4 is 10.6 Å². The zero-order valence-corrected chi connectivity index (χ0v) is 18.2. The second kappa shape index (κ2) is 10.8. The molecule has 2 N–H and O–H groups in total. The number of esters is 1. The van der Waals surface area contributed by atoms with Crippen LogP contribution in [-0.2, 0) is 14.3 Å². The predicted molar refractivity (Wildman–Crippen MR) is 115 cm³/mol. The largest absolute Gasteiger partial charge is 0.449 e. The van der Waals surface area contributed by atoms with Gasteiger partial charge in [0.05, 0.1) is 5.56 Å². The minimum atomic E-state index is -0.916. The van der Waals surface area contributed by atoms with E-state index >= 15 is 0 Å².